The minimum atomic E-state index is 0.550. The number of hydrogen-bond acceptors (Lipinski definition) is 1. The van der Waals surface area contributed by atoms with E-state index in [2.05, 4.69) is 42.1 Å². The van der Waals surface area contributed by atoms with Gasteiger partial charge in [-0.2, -0.15) is 0 Å². The predicted molar refractivity (Wildman–Crippen MR) is 100 cm³/mol. The van der Waals surface area contributed by atoms with E-state index in [1.54, 1.807) is 0 Å². The Hall–Kier alpha value is -0.990. The van der Waals surface area contributed by atoms with Crippen LogP contribution in [-0.4, -0.2) is 18.2 Å². The number of rotatable bonds is 6. The fourth-order valence-corrected chi connectivity index (χ4v) is 4.31. The highest BCUT2D eigenvalue weighted by atomic mass is 35.5. The zero-order valence-corrected chi connectivity index (χ0v) is 15.4. The first-order chi connectivity index (χ1) is 11.0. The molecule has 0 saturated heterocycles. The fraction of sp³-hybridized carbons (Fsp3) is 0.600. The Morgan fingerprint density at radius 2 is 2.17 bits per heavy atom. The number of likely N-dealkylation sites (N-methyl/N-ethyl adjacent to an activating group) is 1. The lowest BCUT2D eigenvalue weighted by Gasteiger charge is -2.17. The minimum Gasteiger partial charge on any atom is -0.347 e. The Labute approximate surface area is 145 Å². The Bertz CT molecular complexity index is 672. The van der Waals surface area contributed by atoms with E-state index in [4.69, 9.17) is 11.6 Å². The van der Waals surface area contributed by atoms with Crippen molar-refractivity contribution < 1.29 is 0 Å². The number of benzene rings is 1. The van der Waals surface area contributed by atoms with E-state index in [1.165, 1.54) is 42.1 Å². The third kappa shape index (κ3) is 3.92. The molecule has 1 aliphatic carbocycles. The van der Waals surface area contributed by atoms with Crippen molar-refractivity contribution in [1.29, 1.82) is 0 Å². The molecule has 1 N–H and O–H groups in total. The number of aryl methyl sites for hydroxylation is 1. The zero-order chi connectivity index (χ0) is 16.4. The second kappa shape index (κ2) is 6.86. The second-order valence-corrected chi connectivity index (χ2v) is 8.36. The number of hydrogen-bond donors (Lipinski definition) is 1. The van der Waals surface area contributed by atoms with Crippen LogP contribution in [0.1, 0.15) is 45.1 Å². The van der Waals surface area contributed by atoms with Crippen LogP contribution in [0.25, 0.3) is 10.9 Å². The van der Waals surface area contributed by atoms with E-state index in [1.807, 2.05) is 13.1 Å². The van der Waals surface area contributed by atoms with Crippen LogP contribution in [0.4, 0.5) is 0 Å². The molecule has 3 heteroatoms. The van der Waals surface area contributed by atoms with Crippen LogP contribution in [0.5, 0.6) is 0 Å². The lowest BCUT2D eigenvalue weighted by atomic mass is 9.90. The van der Waals surface area contributed by atoms with Crippen molar-refractivity contribution in [2.75, 3.05) is 13.6 Å². The molecule has 1 unspecified atom stereocenters. The van der Waals surface area contributed by atoms with Gasteiger partial charge in [-0.3, -0.25) is 0 Å². The summed E-state index contributed by atoms with van der Waals surface area (Å²) >= 11 is 6.22. The van der Waals surface area contributed by atoms with E-state index < -0.39 is 0 Å². The largest absolute Gasteiger partial charge is 0.347 e. The van der Waals surface area contributed by atoms with Gasteiger partial charge in [0.1, 0.15) is 0 Å². The summed E-state index contributed by atoms with van der Waals surface area (Å²) in [5.41, 5.74) is 3.29. The van der Waals surface area contributed by atoms with Gasteiger partial charge in [0.2, 0.25) is 0 Å². The average molecular weight is 333 g/mol. The molecule has 2 nitrogen and oxygen atoms in total. The minimum absolute atomic E-state index is 0.550. The molecule has 23 heavy (non-hydrogen) atoms. The number of nitrogens with zero attached hydrogens (tertiary/aromatic N) is 1. The van der Waals surface area contributed by atoms with Gasteiger partial charge < -0.3 is 9.88 Å². The molecule has 126 valence electrons. The molecule has 1 fully saturated rings. The van der Waals surface area contributed by atoms with E-state index in [0.29, 0.717) is 5.41 Å². The van der Waals surface area contributed by atoms with Crippen LogP contribution < -0.4 is 5.32 Å². The summed E-state index contributed by atoms with van der Waals surface area (Å²) in [5, 5.41) is 5.40. The number of halogens is 1. The molecule has 1 heterocycles. The first-order valence-electron chi connectivity index (χ1n) is 8.90. The predicted octanol–water partition coefficient (Wildman–Crippen LogP) is 5.27. The first kappa shape index (κ1) is 16.9. The van der Waals surface area contributed by atoms with E-state index in [9.17, 15) is 0 Å². The van der Waals surface area contributed by atoms with Gasteiger partial charge in [0.05, 0.1) is 0 Å². The average Bonchev–Trinajstić information content (AvgIpc) is 3.03. The van der Waals surface area contributed by atoms with Crippen LogP contribution in [0, 0.1) is 11.3 Å². The highest BCUT2D eigenvalue weighted by molar-refractivity contribution is 6.31. The van der Waals surface area contributed by atoms with E-state index in [0.717, 1.165) is 30.5 Å². The summed E-state index contributed by atoms with van der Waals surface area (Å²) in [5.74, 6) is 0.885. The number of fused-ring (bicyclic) bond motifs is 1. The van der Waals surface area contributed by atoms with Gasteiger partial charge in [-0.15, -0.1) is 0 Å². The molecule has 1 aliphatic rings. The maximum Gasteiger partial charge on any atom is 0.0484 e. The molecule has 1 saturated carbocycles. The molecular formula is C20H29ClN2. The highest BCUT2D eigenvalue weighted by Crippen LogP contribution is 2.42. The zero-order valence-electron chi connectivity index (χ0n) is 14.7. The normalized spacial score (nSPS) is 20.4. The summed E-state index contributed by atoms with van der Waals surface area (Å²) in [6.45, 7) is 6.95. The summed E-state index contributed by atoms with van der Waals surface area (Å²) in [4.78, 5) is 0. The van der Waals surface area contributed by atoms with Crippen LogP contribution in [0.15, 0.2) is 24.4 Å². The van der Waals surface area contributed by atoms with E-state index in [-0.39, 0.29) is 0 Å². The molecule has 1 aromatic heterocycles. The van der Waals surface area contributed by atoms with Crippen LogP contribution in [-0.2, 0) is 13.0 Å². The number of aromatic nitrogens is 1. The topological polar surface area (TPSA) is 17.0 Å². The molecular weight excluding hydrogens is 304 g/mol. The molecule has 0 amide bonds. The molecule has 0 bridgehead atoms. The SMILES string of the molecule is CNCCc1cn(CCC2CCC(C)(C)C2)c2ccc(Cl)cc12. The Morgan fingerprint density at radius 1 is 1.35 bits per heavy atom. The molecule has 0 radical (unpaired) electrons. The van der Waals surface area contributed by atoms with Crippen molar-refractivity contribution in [2.24, 2.45) is 11.3 Å². The Balaban J connectivity index is 1.77. The maximum atomic E-state index is 6.22. The lowest BCUT2D eigenvalue weighted by molar-refractivity contribution is 0.348. The second-order valence-electron chi connectivity index (χ2n) is 7.92. The van der Waals surface area contributed by atoms with Crippen LogP contribution in [0.2, 0.25) is 5.02 Å². The molecule has 3 rings (SSSR count). The van der Waals surface area contributed by atoms with Gasteiger partial charge in [0, 0.05) is 28.7 Å². The Morgan fingerprint density at radius 3 is 2.87 bits per heavy atom. The van der Waals surface area contributed by atoms with Gasteiger partial charge in [-0.05, 0) is 80.8 Å². The van der Waals surface area contributed by atoms with Gasteiger partial charge >= 0.3 is 0 Å². The van der Waals surface area contributed by atoms with Crippen molar-refractivity contribution in [3.8, 4) is 0 Å². The van der Waals surface area contributed by atoms with Crippen molar-refractivity contribution in [3.05, 3.63) is 35.0 Å². The fourth-order valence-electron chi connectivity index (χ4n) is 4.14. The van der Waals surface area contributed by atoms with Crippen molar-refractivity contribution in [3.63, 3.8) is 0 Å². The standard InChI is InChI=1S/C20H29ClN2/c1-20(2)9-6-15(13-20)8-11-23-14-16(7-10-22-3)18-12-17(21)4-5-19(18)23/h4-5,12,14-15,22H,6-11,13H2,1-3H3. The van der Waals surface area contributed by atoms with Crippen molar-refractivity contribution in [2.45, 2.75) is 52.5 Å². The third-order valence-electron chi connectivity index (χ3n) is 5.42. The summed E-state index contributed by atoms with van der Waals surface area (Å²) in [7, 11) is 2.01. The molecule has 2 aromatic rings. The van der Waals surface area contributed by atoms with Gasteiger partial charge in [0.25, 0.3) is 0 Å². The smallest absolute Gasteiger partial charge is 0.0484 e. The summed E-state index contributed by atoms with van der Waals surface area (Å²) < 4.78 is 2.45. The van der Waals surface area contributed by atoms with Crippen molar-refractivity contribution >= 4 is 22.5 Å². The molecule has 1 aromatic carbocycles. The molecule has 0 spiro atoms. The highest BCUT2D eigenvalue weighted by Gasteiger charge is 2.30. The number of nitrogens with one attached hydrogen (secondary N) is 1. The van der Waals surface area contributed by atoms with Crippen molar-refractivity contribution in [1.82, 2.24) is 9.88 Å². The monoisotopic (exact) mass is 332 g/mol. The van der Waals surface area contributed by atoms with E-state index >= 15 is 0 Å². The summed E-state index contributed by atoms with van der Waals surface area (Å²) in [6.07, 6.45) is 8.85. The summed E-state index contributed by atoms with van der Waals surface area (Å²) in [6, 6.07) is 6.32. The lowest BCUT2D eigenvalue weighted by Crippen LogP contribution is -2.10. The first-order valence-corrected chi connectivity index (χ1v) is 9.28. The maximum absolute atomic E-state index is 6.22. The molecule has 1 atom stereocenters. The Kier molecular flexibility index (Phi) is 5.03. The van der Waals surface area contributed by atoms with Crippen LogP contribution in [0.3, 0.4) is 0 Å². The third-order valence-corrected chi connectivity index (χ3v) is 5.65. The van der Waals surface area contributed by atoms with Crippen LogP contribution >= 0.6 is 11.6 Å². The van der Waals surface area contributed by atoms with Gasteiger partial charge in [-0.1, -0.05) is 25.4 Å². The van der Waals surface area contributed by atoms with Gasteiger partial charge in [-0.25, -0.2) is 0 Å². The van der Waals surface area contributed by atoms with Gasteiger partial charge in [0.15, 0.2) is 0 Å². The quantitative estimate of drug-likeness (QED) is 0.762. The molecule has 0 aliphatic heterocycles.